The van der Waals surface area contributed by atoms with Crippen molar-refractivity contribution in [3.63, 3.8) is 0 Å². The first-order valence-corrected chi connectivity index (χ1v) is 9.14. The summed E-state index contributed by atoms with van der Waals surface area (Å²) in [6, 6.07) is 4.53. The maximum atomic E-state index is 13.8. The van der Waals surface area contributed by atoms with Crippen molar-refractivity contribution in [2.75, 3.05) is 26.2 Å². The third kappa shape index (κ3) is 3.47. The van der Waals surface area contributed by atoms with E-state index in [0.29, 0.717) is 17.7 Å². The van der Waals surface area contributed by atoms with Gasteiger partial charge in [0.05, 0.1) is 18.7 Å². The number of nitrogens with zero attached hydrogens (tertiary/aromatic N) is 3. The molecule has 1 fully saturated rings. The van der Waals surface area contributed by atoms with Gasteiger partial charge in [0, 0.05) is 12.1 Å². The zero-order chi connectivity index (χ0) is 19.0. The van der Waals surface area contributed by atoms with Crippen LogP contribution in [0.3, 0.4) is 0 Å². The fourth-order valence-electron chi connectivity index (χ4n) is 3.42. The van der Waals surface area contributed by atoms with Gasteiger partial charge in [0.2, 0.25) is 23.2 Å². The fraction of sp³-hybridized carbons (Fsp3) is 0.400. The van der Waals surface area contributed by atoms with Crippen molar-refractivity contribution in [3.05, 3.63) is 41.0 Å². The van der Waals surface area contributed by atoms with Crippen molar-refractivity contribution < 1.29 is 18.4 Å². The van der Waals surface area contributed by atoms with Crippen LogP contribution in [0.2, 0.25) is 0 Å². The van der Waals surface area contributed by atoms with Gasteiger partial charge in [-0.25, -0.2) is 9.37 Å². The van der Waals surface area contributed by atoms with Crippen LogP contribution in [-0.4, -0.2) is 53.3 Å². The second-order valence-corrected chi connectivity index (χ2v) is 6.97. The molecule has 0 N–H and O–H groups in total. The third-order valence-electron chi connectivity index (χ3n) is 5.02. The number of fused-ring (bicyclic) bond motifs is 1. The minimum Gasteiger partial charge on any atom is -0.432 e. The Bertz CT molecular complexity index is 942. The topological polar surface area (TPSA) is 75.8 Å². The minimum absolute atomic E-state index is 0.0258. The molecule has 1 saturated heterocycles. The molecule has 0 saturated carbocycles. The van der Waals surface area contributed by atoms with Gasteiger partial charge in [-0.3, -0.25) is 14.6 Å². The zero-order valence-electron chi connectivity index (χ0n) is 15.1. The van der Waals surface area contributed by atoms with E-state index in [2.05, 4.69) is 14.9 Å². The highest BCUT2D eigenvalue weighted by molar-refractivity contribution is 6.52. The maximum absolute atomic E-state index is 13.8. The number of likely N-dealkylation sites (tertiary alicyclic amines) is 1. The van der Waals surface area contributed by atoms with Crippen LogP contribution in [0.15, 0.2) is 27.6 Å². The molecule has 2 aromatic rings. The molecular formula is C20H20FN3O3. The molecule has 1 aromatic carbocycles. The van der Waals surface area contributed by atoms with Crippen molar-refractivity contribution in [1.29, 1.82) is 0 Å². The number of halogens is 1. The Morgan fingerprint density at radius 3 is 2.78 bits per heavy atom. The van der Waals surface area contributed by atoms with Crippen molar-refractivity contribution in [1.82, 2.24) is 9.88 Å². The highest BCUT2D eigenvalue weighted by Crippen LogP contribution is 2.28. The van der Waals surface area contributed by atoms with E-state index >= 15 is 0 Å². The molecule has 0 spiro atoms. The van der Waals surface area contributed by atoms with Crippen LogP contribution < -0.4 is 0 Å². The summed E-state index contributed by atoms with van der Waals surface area (Å²) in [5.41, 5.74) is 1.08. The highest BCUT2D eigenvalue weighted by atomic mass is 19.1. The molecule has 6 nitrogen and oxygen atoms in total. The van der Waals surface area contributed by atoms with E-state index in [1.807, 2.05) is 0 Å². The van der Waals surface area contributed by atoms with Crippen molar-refractivity contribution >= 4 is 17.3 Å². The van der Waals surface area contributed by atoms with Gasteiger partial charge >= 0.3 is 0 Å². The van der Waals surface area contributed by atoms with Crippen molar-refractivity contribution in [2.45, 2.75) is 26.2 Å². The summed E-state index contributed by atoms with van der Waals surface area (Å²) in [5.74, 6) is -1.09. The molecule has 4 rings (SSSR count). The SMILES string of the molecule is Cc1ccc(-c2nc3c(o2)C(=O)CC(=NCCN2CCCC2)C3=O)cc1F. The summed E-state index contributed by atoms with van der Waals surface area (Å²) in [7, 11) is 0. The number of benzene rings is 1. The van der Waals surface area contributed by atoms with Crippen LogP contribution >= 0.6 is 0 Å². The molecule has 0 bridgehead atoms. The first-order chi connectivity index (χ1) is 13.0. The summed E-state index contributed by atoms with van der Waals surface area (Å²) in [4.78, 5) is 35.8. The lowest BCUT2D eigenvalue weighted by atomic mass is 9.97. The second kappa shape index (κ2) is 7.15. The van der Waals surface area contributed by atoms with Crippen LogP contribution in [0, 0.1) is 12.7 Å². The third-order valence-corrected chi connectivity index (χ3v) is 5.02. The molecular weight excluding hydrogens is 349 g/mol. The number of hydrogen-bond donors (Lipinski definition) is 0. The molecule has 140 valence electrons. The van der Waals surface area contributed by atoms with E-state index < -0.39 is 5.82 Å². The van der Waals surface area contributed by atoms with Gasteiger partial charge in [0.25, 0.3) is 0 Å². The molecule has 2 heterocycles. The summed E-state index contributed by atoms with van der Waals surface area (Å²) >= 11 is 0. The smallest absolute Gasteiger partial charge is 0.229 e. The molecule has 1 aliphatic heterocycles. The number of aryl methyl sites for hydroxylation is 1. The van der Waals surface area contributed by atoms with Gasteiger partial charge in [-0.15, -0.1) is 0 Å². The first-order valence-electron chi connectivity index (χ1n) is 9.14. The van der Waals surface area contributed by atoms with Crippen molar-refractivity contribution in [3.8, 4) is 11.5 Å². The molecule has 2 aliphatic rings. The number of Topliss-reactive ketones (excluding diaryl/α,β-unsaturated/α-hetero) is 2. The lowest BCUT2D eigenvalue weighted by Gasteiger charge is -2.13. The number of oxazole rings is 1. The number of hydrogen-bond acceptors (Lipinski definition) is 6. The predicted octanol–water partition coefficient (Wildman–Crippen LogP) is 3.10. The Hall–Kier alpha value is -2.67. The zero-order valence-corrected chi connectivity index (χ0v) is 15.1. The molecule has 7 heteroatoms. The van der Waals surface area contributed by atoms with Crippen LogP contribution in [0.4, 0.5) is 4.39 Å². The van der Waals surface area contributed by atoms with Crippen LogP contribution in [0.25, 0.3) is 11.5 Å². The van der Waals surface area contributed by atoms with Gasteiger partial charge in [-0.1, -0.05) is 6.07 Å². The van der Waals surface area contributed by atoms with Crippen molar-refractivity contribution in [2.24, 2.45) is 4.99 Å². The van der Waals surface area contributed by atoms with Crippen LogP contribution in [0.1, 0.15) is 45.9 Å². The Kier molecular flexibility index (Phi) is 4.70. The van der Waals surface area contributed by atoms with Gasteiger partial charge in [0.1, 0.15) is 5.82 Å². The standard InChI is InChI=1S/C20H20FN3O3/c1-12-4-5-13(10-14(12)21)20-23-17-18(26)15(11-16(25)19(17)27-20)22-6-9-24-7-2-3-8-24/h4-5,10H,2-3,6-9,11H2,1H3. The number of aromatic nitrogens is 1. The summed E-state index contributed by atoms with van der Waals surface area (Å²) in [5, 5.41) is 0. The van der Waals surface area contributed by atoms with Crippen LogP contribution in [0.5, 0.6) is 0 Å². The van der Waals surface area contributed by atoms with E-state index in [1.54, 1.807) is 19.1 Å². The molecule has 0 amide bonds. The predicted molar refractivity (Wildman–Crippen MR) is 97.9 cm³/mol. The summed E-state index contributed by atoms with van der Waals surface area (Å²) < 4.78 is 19.3. The van der Waals surface area contributed by atoms with E-state index in [0.717, 1.165) is 19.6 Å². The molecule has 0 unspecified atom stereocenters. The summed E-state index contributed by atoms with van der Waals surface area (Å²) in [6.45, 7) is 5.03. The fourth-order valence-corrected chi connectivity index (χ4v) is 3.42. The maximum Gasteiger partial charge on any atom is 0.229 e. The Morgan fingerprint density at radius 2 is 2.04 bits per heavy atom. The molecule has 1 aliphatic carbocycles. The minimum atomic E-state index is -0.398. The van der Waals surface area contributed by atoms with Gasteiger partial charge in [-0.05, 0) is 50.6 Å². The van der Waals surface area contributed by atoms with Gasteiger partial charge in [0.15, 0.2) is 5.69 Å². The van der Waals surface area contributed by atoms with Gasteiger partial charge in [-0.2, -0.15) is 0 Å². The average Bonchev–Trinajstić information content (AvgIpc) is 3.31. The lowest BCUT2D eigenvalue weighted by Crippen LogP contribution is -2.28. The number of aliphatic imine (C=N–C) groups is 1. The number of rotatable bonds is 4. The second-order valence-electron chi connectivity index (χ2n) is 6.97. The largest absolute Gasteiger partial charge is 0.432 e. The van der Waals surface area contributed by atoms with Crippen LogP contribution in [-0.2, 0) is 0 Å². The Labute approximate surface area is 156 Å². The number of ketones is 2. The normalized spacial score (nSPS) is 19.1. The quantitative estimate of drug-likeness (QED) is 0.828. The average molecular weight is 369 g/mol. The lowest BCUT2D eigenvalue weighted by molar-refractivity contribution is 0.0940. The van der Waals surface area contributed by atoms with Gasteiger partial charge < -0.3 is 9.32 Å². The molecule has 0 atom stereocenters. The first kappa shape index (κ1) is 17.7. The van der Waals surface area contributed by atoms with E-state index in [9.17, 15) is 14.0 Å². The van der Waals surface area contributed by atoms with E-state index in [1.165, 1.54) is 18.9 Å². The molecule has 1 aromatic heterocycles. The molecule has 27 heavy (non-hydrogen) atoms. The highest BCUT2D eigenvalue weighted by Gasteiger charge is 2.35. The van der Waals surface area contributed by atoms with E-state index in [-0.39, 0.29) is 41.0 Å². The summed E-state index contributed by atoms with van der Waals surface area (Å²) in [6.07, 6.45) is 2.31. The Balaban J connectivity index is 1.57. The van der Waals surface area contributed by atoms with E-state index in [4.69, 9.17) is 4.42 Å². The number of carbonyl (C=O) groups is 2. The molecule has 0 radical (unpaired) electrons. The monoisotopic (exact) mass is 369 g/mol. The number of carbonyl (C=O) groups excluding carboxylic acids is 2. The Morgan fingerprint density at radius 1 is 1.26 bits per heavy atom.